The molecule has 0 saturated carbocycles. The highest BCUT2D eigenvalue weighted by Gasteiger charge is 2.25. The highest BCUT2D eigenvalue weighted by molar-refractivity contribution is 5.99. The topological polar surface area (TPSA) is 144 Å². The van der Waals surface area contributed by atoms with E-state index in [-0.39, 0.29) is 23.6 Å². The molecule has 3 aromatic rings. The minimum atomic E-state index is -1.02. The van der Waals surface area contributed by atoms with Gasteiger partial charge in [0.1, 0.15) is 6.04 Å². The molecule has 0 saturated heterocycles. The molecule has 44 heavy (non-hydrogen) atoms. The Balaban J connectivity index is 1.98. The van der Waals surface area contributed by atoms with E-state index >= 15 is 0 Å². The molecule has 1 atom stereocenters. The zero-order chi connectivity index (χ0) is 32.4. The highest BCUT2D eigenvalue weighted by atomic mass is 16.6. The number of carbonyl (C=O) groups excluding carboxylic acids is 3. The predicted molar refractivity (Wildman–Crippen MR) is 163 cm³/mol. The normalized spacial score (nSPS) is 11.0. The Labute approximate surface area is 256 Å². The van der Waals surface area contributed by atoms with Crippen LogP contribution in [-0.2, 0) is 9.59 Å². The summed E-state index contributed by atoms with van der Waals surface area (Å²) >= 11 is 0. The summed E-state index contributed by atoms with van der Waals surface area (Å²) in [4.78, 5) is 42.6. The molecule has 12 heteroatoms. The van der Waals surface area contributed by atoms with Gasteiger partial charge < -0.3 is 39.1 Å². The molecular weight excluding hydrogens is 570 g/mol. The number of nitrogens with one attached hydrogen (secondary N) is 2. The van der Waals surface area contributed by atoms with Crippen molar-refractivity contribution in [3.63, 3.8) is 0 Å². The Morgan fingerprint density at radius 2 is 1.30 bits per heavy atom. The lowest BCUT2D eigenvalue weighted by Crippen LogP contribution is -2.44. The van der Waals surface area contributed by atoms with Crippen molar-refractivity contribution in [3.05, 3.63) is 71.2 Å². The van der Waals surface area contributed by atoms with E-state index in [1.165, 1.54) is 40.5 Å². The molecule has 1 heterocycles. The molecule has 0 aliphatic carbocycles. The molecule has 0 fully saturated rings. The van der Waals surface area contributed by atoms with Crippen LogP contribution in [0.1, 0.15) is 48.8 Å². The quantitative estimate of drug-likeness (QED) is 0.272. The van der Waals surface area contributed by atoms with Crippen LogP contribution in [0.3, 0.4) is 0 Å². The summed E-state index contributed by atoms with van der Waals surface area (Å²) in [6, 6.07) is 11.2. The summed E-state index contributed by atoms with van der Waals surface area (Å²) in [7, 11) is 7.53. The smallest absolute Gasteiger partial charge is 0.311 e. The maximum Gasteiger partial charge on any atom is 0.311 e. The lowest BCUT2D eigenvalue weighted by molar-refractivity contribution is -0.134. The van der Waals surface area contributed by atoms with Crippen LogP contribution in [0, 0.1) is 0 Å². The van der Waals surface area contributed by atoms with Gasteiger partial charge in [0.05, 0.1) is 35.5 Å². The molecule has 2 N–H and O–H groups in total. The number of benzene rings is 2. The third-order valence-corrected chi connectivity index (χ3v) is 6.58. The van der Waals surface area contributed by atoms with Gasteiger partial charge in [-0.1, -0.05) is 19.1 Å². The van der Waals surface area contributed by atoms with Crippen LogP contribution in [0.15, 0.2) is 54.4 Å². The standard InChI is InChI=1S/C32H37N3O9/c1-9-27(36)44-30-24(41-6)14-15-33-29(30)32(38)35-19(3)31(37)34-18(2)28(20-10-12-22(39-4)25(16-20)42-7)21-11-13-23(40-5)26(17-21)43-8/h10-17,19H,9H2,1-8H3,(H,34,37)(H,35,38)/t19-/m0/s1. The number of pyridine rings is 1. The van der Waals surface area contributed by atoms with E-state index in [0.717, 1.165) is 0 Å². The van der Waals surface area contributed by atoms with Crippen LogP contribution in [0.25, 0.3) is 5.57 Å². The maximum absolute atomic E-state index is 13.4. The number of rotatable bonds is 13. The molecule has 0 spiro atoms. The first-order valence-electron chi connectivity index (χ1n) is 13.6. The first-order chi connectivity index (χ1) is 21.1. The van der Waals surface area contributed by atoms with Gasteiger partial charge in [0.2, 0.25) is 11.7 Å². The predicted octanol–water partition coefficient (Wildman–Crippen LogP) is 4.15. The number of carbonyl (C=O) groups is 3. The molecule has 12 nitrogen and oxygen atoms in total. The molecule has 1 aromatic heterocycles. The lowest BCUT2D eigenvalue weighted by atomic mass is 9.95. The van der Waals surface area contributed by atoms with Gasteiger partial charge in [-0.25, -0.2) is 4.98 Å². The van der Waals surface area contributed by atoms with Crippen molar-refractivity contribution in [2.24, 2.45) is 0 Å². The van der Waals surface area contributed by atoms with Gasteiger partial charge in [-0.05, 0) is 49.2 Å². The second-order valence-electron chi connectivity index (χ2n) is 9.34. The molecular formula is C32H37N3O9. The maximum atomic E-state index is 13.4. The number of esters is 1. The Morgan fingerprint density at radius 3 is 1.77 bits per heavy atom. The van der Waals surface area contributed by atoms with Crippen molar-refractivity contribution in [1.82, 2.24) is 15.6 Å². The molecule has 0 aliphatic rings. The largest absolute Gasteiger partial charge is 0.493 e. The Bertz CT molecular complexity index is 1490. The van der Waals surface area contributed by atoms with Crippen molar-refractivity contribution in [1.29, 1.82) is 0 Å². The van der Waals surface area contributed by atoms with Crippen LogP contribution in [0.2, 0.25) is 0 Å². The van der Waals surface area contributed by atoms with Gasteiger partial charge in [-0.15, -0.1) is 0 Å². The number of amides is 2. The fraction of sp³-hybridized carbons (Fsp3) is 0.312. The van der Waals surface area contributed by atoms with Gasteiger partial charge in [-0.3, -0.25) is 14.4 Å². The molecule has 0 radical (unpaired) electrons. The Kier molecular flexibility index (Phi) is 11.5. The zero-order valence-electron chi connectivity index (χ0n) is 26.0. The van der Waals surface area contributed by atoms with Gasteiger partial charge >= 0.3 is 5.97 Å². The minimum absolute atomic E-state index is 0.0754. The summed E-state index contributed by atoms with van der Waals surface area (Å²) < 4.78 is 32.4. The van der Waals surface area contributed by atoms with E-state index in [9.17, 15) is 14.4 Å². The molecule has 0 aliphatic heterocycles. The third kappa shape index (κ3) is 7.57. The monoisotopic (exact) mass is 607 g/mol. The molecule has 0 bridgehead atoms. The molecule has 2 amide bonds. The first-order valence-corrected chi connectivity index (χ1v) is 13.6. The van der Waals surface area contributed by atoms with Gasteiger partial charge in [0.15, 0.2) is 34.4 Å². The SMILES string of the molecule is CCC(=O)Oc1c(OC)ccnc1C(=O)N[C@@H](C)C(=O)NC(C)=C(c1ccc(OC)c(OC)c1)c1ccc(OC)c(OC)c1. The number of hydrogen-bond acceptors (Lipinski definition) is 10. The van der Waals surface area contributed by atoms with E-state index in [0.29, 0.717) is 45.4 Å². The third-order valence-electron chi connectivity index (χ3n) is 6.58. The van der Waals surface area contributed by atoms with Crippen LogP contribution in [-0.4, -0.2) is 64.4 Å². The van der Waals surface area contributed by atoms with Gasteiger partial charge in [0.25, 0.3) is 5.91 Å². The average molecular weight is 608 g/mol. The number of ether oxygens (including phenoxy) is 6. The van der Waals surface area contributed by atoms with Crippen LogP contribution >= 0.6 is 0 Å². The molecule has 3 rings (SSSR count). The first kappa shape index (κ1) is 33.2. The number of allylic oxidation sites excluding steroid dienone is 1. The van der Waals surface area contributed by atoms with Crippen molar-refractivity contribution in [2.45, 2.75) is 33.2 Å². The summed E-state index contributed by atoms with van der Waals surface area (Å²) in [5, 5.41) is 5.51. The van der Waals surface area contributed by atoms with Crippen LogP contribution < -0.4 is 39.1 Å². The Morgan fingerprint density at radius 1 is 0.773 bits per heavy atom. The number of aromatic nitrogens is 1. The Hall–Kier alpha value is -5.26. The van der Waals surface area contributed by atoms with Crippen LogP contribution in [0.4, 0.5) is 0 Å². The fourth-order valence-corrected chi connectivity index (χ4v) is 4.31. The van der Waals surface area contributed by atoms with E-state index in [2.05, 4.69) is 15.6 Å². The van der Waals surface area contributed by atoms with Crippen molar-refractivity contribution >= 4 is 23.4 Å². The van der Waals surface area contributed by atoms with Crippen molar-refractivity contribution < 1.29 is 42.8 Å². The zero-order valence-corrected chi connectivity index (χ0v) is 26.0. The van der Waals surface area contributed by atoms with E-state index in [4.69, 9.17) is 28.4 Å². The summed E-state index contributed by atoms with van der Waals surface area (Å²) in [5.41, 5.74) is 2.36. The van der Waals surface area contributed by atoms with Crippen molar-refractivity contribution in [2.75, 3.05) is 35.5 Å². The van der Waals surface area contributed by atoms with Gasteiger partial charge in [0, 0.05) is 30.0 Å². The lowest BCUT2D eigenvalue weighted by Gasteiger charge is -2.20. The second kappa shape index (κ2) is 15.3. The second-order valence-corrected chi connectivity index (χ2v) is 9.34. The van der Waals surface area contributed by atoms with Crippen molar-refractivity contribution in [3.8, 4) is 34.5 Å². The molecule has 2 aromatic carbocycles. The fourth-order valence-electron chi connectivity index (χ4n) is 4.31. The van der Waals surface area contributed by atoms with E-state index in [1.807, 2.05) is 12.1 Å². The minimum Gasteiger partial charge on any atom is -0.493 e. The molecule has 234 valence electrons. The van der Waals surface area contributed by atoms with Gasteiger partial charge in [-0.2, -0.15) is 0 Å². The van der Waals surface area contributed by atoms with E-state index < -0.39 is 23.8 Å². The summed E-state index contributed by atoms with van der Waals surface area (Å²) in [6.45, 7) is 4.87. The van der Waals surface area contributed by atoms with Crippen LogP contribution in [0.5, 0.6) is 34.5 Å². The summed E-state index contributed by atoms with van der Waals surface area (Å²) in [5.74, 6) is 0.268. The average Bonchev–Trinajstić information content (AvgIpc) is 3.04. The molecule has 0 unspecified atom stereocenters. The summed E-state index contributed by atoms with van der Waals surface area (Å²) in [6.07, 6.45) is 1.42. The number of hydrogen-bond donors (Lipinski definition) is 2. The number of nitrogens with zero attached hydrogens (tertiary/aromatic N) is 1. The highest BCUT2D eigenvalue weighted by Crippen LogP contribution is 2.37. The number of methoxy groups -OCH3 is 5. The van der Waals surface area contributed by atoms with E-state index in [1.54, 1.807) is 52.3 Å².